The van der Waals surface area contributed by atoms with E-state index in [-0.39, 0.29) is 17.0 Å². The van der Waals surface area contributed by atoms with Gasteiger partial charge in [0.15, 0.2) is 11.5 Å². The highest BCUT2D eigenvalue weighted by Gasteiger charge is 2.15. The third-order valence-electron chi connectivity index (χ3n) is 5.10. The summed E-state index contributed by atoms with van der Waals surface area (Å²) in [5.74, 6) is 0.230. The number of nitrogens with zero attached hydrogens (tertiary/aromatic N) is 2. The number of ether oxygens (including phenoxy) is 1. The second-order valence-electron chi connectivity index (χ2n) is 7.70. The smallest absolute Gasteiger partial charge is 0.276 e. The molecular formula is C27H22ClN3O4. The summed E-state index contributed by atoms with van der Waals surface area (Å²) >= 11 is 6.14. The molecule has 4 rings (SSSR count). The summed E-state index contributed by atoms with van der Waals surface area (Å²) in [6.45, 7) is 2.33. The topological polar surface area (TPSA) is 90.3 Å². The molecule has 0 radical (unpaired) electrons. The highest BCUT2D eigenvalue weighted by molar-refractivity contribution is 6.31. The van der Waals surface area contributed by atoms with E-state index in [1.807, 2.05) is 25.1 Å². The standard InChI is InChI=1S/C27H22ClN3O4/c1-2-16-31-25(32)15-13-22(30-31)27(34)29-23-17-20(28)10-14-24(23)35-21-11-8-19(9-12-21)26(33)18-6-4-3-5-7-18/h3-15,17H,2,16H2,1H3,(H,29,34). The molecule has 1 amide bonds. The number of anilines is 1. The van der Waals surface area contributed by atoms with Gasteiger partial charge in [-0.1, -0.05) is 48.9 Å². The molecule has 0 saturated carbocycles. The van der Waals surface area contributed by atoms with Crippen molar-refractivity contribution in [2.75, 3.05) is 5.32 Å². The maximum Gasteiger partial charge on any atom is 0.276 e. The van der Waals surface area contributed by atoms with Gasteiger partial charge in [-0.05, 0) is 55.0 Å². The molecule has 0 fully saturated rings. The van der Waals surface area contributed by atoms with Crippen molar-refractivity contribution in [3.63, 3.8) is 0 Å². The van der Waals surface area contributed by atoms with E-state index in [1.165, 1.54) is 16.8 Å². The molecule has 0 bridgehead atoms. The minimum atomic E-state index is -0.509. The molecule has 8 heteroatoms. The van der Waals surface area contributed by atoms with E-state index in [0.717, 1.165) is 0 Å². The van der Waals surface area contributed by atoms with Crippen LogP contribution in [0.2, 0.25) is 5.02 Å². The summed E-state index contributed by atoms with van der Waals surface area (Å²) in [5, 5.41) is 7.28. The lowest BCUT2D eigenvalue weighted by atomic mass is 10.0. The van der Waals surface area contributed by atoms with E-state index in [1.54, 1.807) is 54.6 Å². The van der Waals surface area contributed by atoms with Gasteiger partial charge < -0.3 is 10.1 Å². The molecule has 3 aromatic carbocycles. The highest BCUT2D eigenvalue weighted by Crippen LogP contribution is 2.32. The van der Waals surface area contributed by atoms with Gasteiger partial charge in [0.1, 0.15) is 11.4 Å². The summed E-state index contributed by atoms with van der Waals surface area (Å²) in [6, 6.07) is 23.2. The number of aromatic nitrogens is 2. The van der Waals surface area contributed by atoms with Crippen LogP contribution >= 0.6 is 11.6 Å². The summed E-state index contributed by atoms with van der Waals surface area (Å²) in [7, 11) is 0. The van der Waals surface area contributed by atoms with Crippen LogP contribution in [0.25, 0.3) is 0 Å². The van der Waals surface area contributed by atoms with E-state index in [9.17, 15) is 14.4 Å². The molecule has 176 valence electrons. The van der Waals surface area contributed by atoms with Crippen molar-refractivity contribution in [2.45, 2.75) is 19.9 Å². The quantitative estimate of drug-likeness (QED) is 0.327. The maximum atomic E-state index is 12.8. The Kier molecular flexibility index (Phi) is 7.38. The van der Waals surface area contributed by atoms with Gasteiger partial charge in [-0.2, -0.15) is 5.10 Å². The van der Waals surface area contributed by atoms with Crippen LogP contribution in [0.1, 0.15) is 39.8 Å². The van der Waals surface area contributed by atoms with Gasteiger partial charge >= 0.3 is 0 Å². The Bertz CT molecular complexity index is 1420. The number of aryl methyl sites for hydroxylation is 1. The van der Waals surface area contributed by atoms with Crippen molar-refractivity contribution < 1.29 is 14.3 Å². The molecule has 0 aliphatic rings. The van der Waals surface area contributed by atoms with Gasteiger partial charge in [0.2, 0.25) is 0 Å². The van der Waals surface area contributed by atoms with E-state index < -0.39 is 5.91 Å². The Morgan fingerprint density at radius 1 is 0.943 bits per heavy atom. The fourth-order valence-corrected chi connectivity index (χ4v) is 3.55. The molecule has 0 spiro atoms. The van der Waals surface area contributed by atoms with E-state index in [4.69, 9.17) is 16.3 Å². The molecule has 35 heavy (non-hydrogen) atoms. The van der Waals surface area contributed by atoms with Crippen molar-refractivity contribution in [3.8, 4) is 11.5 Å². The Morgan fingerprint density at radius 3 is 2.37 bits per heavy atom. The lowest BCUT2D eigenvalue weighted by molar-refractivity contribution is 0.101. The fraction of sp³-hybridized carbons (Fsp3) is 0.111. The zero-order valence-electron chi connectivity index (χ0n) is 18.9. The molecule has 0 aliphatic carbocycles. The zero-order chi connectivity index (χ0) is 24.8. The molecular weight excluding hydrogens is 466 g/mol. The third kappa shape index (κ3) is 5.83. The molecule has 1 aromatic heterocycles. The number of nitrogens with one attached hydrogen (secondary N) is 1. The number of hydrogen-bond acceptors (Lipinski definition) is 5. The van der Waals surface area contributed by atoms with Crippen LogP contribution in [0.3, 0.4) is 0 Å². The number of halogens is 1. The van der Waals surface area contributed by atoms with Gasteiger partial charge in [-0.3, -0.25) is 14.4 Å². The van der Waals surface area contributed by atoms with Crippen LogP contribution in [0.5, 0.6) is 11.5 Å². The van der Waals surface area contributed by atoms with Crippen molar-refractivity contribution in [1.82, 2.24) is 9.78 Å². The number of benzene rings is 3. The first-order valence-corrected chi connectivity index (χ1v) is 11.4. The van der Waals surface area contributed by atoms with Crippen molar-refractivity contribution in [2.24, 2.45) is 0 Å². The highest BCUT2D eigenvalue weighted by atomic mass is 35.5. The van der Waals surface area contributed by atoms with Crippen LogP contribution in [0, 0.1) is 0 Å². The number of carbonyl (C=O) groups excluding carboxylic acids is 2. The molecule has 1 heterocycles. The Labute approximate surface area is 206 Å². The number of amides is 1. The second kappa shape index (κ2) is 10.8. The SMILES string of the molecule is CCCn1nc(C(=O)Nc2cc(Cl)ccc2Oc2ccc(C(=O)c3ccccc3)cc2)ccc1=O. The number of rotatable bonds is 8. The van der Waals surface area contributed by atoms with Crippen LogP contribution in [0.15, 0.2) is 89.7 Å². The lowest BCUT2D eigenvalue weighted by Crippen LogP contribution is -2.26. The molecule has 1 N–H and O–H groups in total. The minimum Gasteiger partial charge on any atom is -0.455 e. The predicted molar refractivity (Wildman–Crippen MR) is 135 cm³/mol. The Morgan fingerprint density at radius 2 is 1.66 bits per heavy atom. The maximum absolute atomic E-state index is 12.8. The molecule has 4 aromatic rings. The van der Waals surface area contributed by atoms with Crippen LogP contribution in [-0.2, 0) is 6.54 Å². The van der Waals surface area contributed by atoms with Crippen LogP contribution in [-0.4, -0.2) is 21.5 Å². The average molecular weight is 488 g/mol. The van der Waals surface area contributed by atoms with Crippen molar-refractivity contribution >= 4 is 29.0 Å². The third-order valence-corrected chi connectivity index (χ3v) is 5.34. The summed E-state index contributed by atoms with van der Waals surface area (Å²) < 4.78 is 7.22. The average Bonchev–Trinajstić information content (AvgIpc) is 2.87. The number of carbonyl (C=O) groups is 2. The van der Waals surface area contributed by atoms with Gasteiger partial charge in [0.05, 0.1) is 5.69 Å². The van der Waals surface area contributed by atoms with Gasteiger partial charge in [0.25, 0.3) is 11.5 Å². The first-order chi connectivity index (χ1) is 16.9. The molecule has 0 aliphatic heterocycles. The number of ketones is 1. The number of hydrogen-bond donors (Lipinski definition) is 1. The molecule has 0 saturated heterocycles. The summed E-state index contributed by atoms with van der Waals surface area (Å²) in [6.07, 6.45) is 0.708. The molecule has 7 nitrogen and oxygen atoms in total. The Hall–Kier alpha value is -4.23. The van der Waals surface area contributed by atoms with Gasteiger partial charge in [-0.15, -0.1) is 0 Å². The zero-order valence-corrected chi connectivity index (χ0v) is 19.7. The van der Waals surface area contributed by atoms with Crippen LogP contribution < -0.4 is 15.6 Å². The van der Waals surface area contributed by atoms with Crippen molar-refractivity contribution in [3.05, 3.63) is 117 Å². The van der Waals surface area contributed by atoms with E-state index >= 15 is 0 Å². The molecule has 0 atom stereocenters. The predicted octanol–water partition coefficient (Wildman–Crippen LogP) is 5.58. The van der Waals surface area contributed by atoms with E-state index in [0.29, 0.717) is 46.3 Å². The van der Waals surface area contributed by atoms with Gasteiger partial charge in [0, 0.05) is 28.8 Å². The second-order valence-corrected chi connectivity index (χ2v) is 8.13. The summed E-state index contributed by atoms with van der Waals surface area (Å²) in [5.41, 5.74) is 1.28. The first kappa shape index (κ1) is 23.9. The van der Waals surface area contributed by atoms with E-state index in [2.05, 4.69) is 10.4 Å². The Balaban J connectivity index is 1.53. The van der Waals surface area contributed by atoms with Crippen LogP contribution in [0.4, 0.5) is 5.69 Å². The largest absolute Gasteiger partial charge is 0.455 e. The minimum absolute atomic E-state index is 0.0893. The molecule has 0 unspecified atom stereocenters. The first-order valence-electron chi connectivity index (χ1n) is 11.0. The monoisotopic (exact) mass is 487 g/mol. The normalized spacial score (nSPS) is 10.6. The lowest BCUT2D eigenvalue weighted by Gasteiger charge is -2.13. The van der Waals surface area contributed by atoms with Gasteiger partial charge in [-0.25, -0.2) is 4.68 Å². The summed E-state index contributed by atoms with van der Waals surface area (Å²) in [4.78, 5) is 37.3. The van der Waals surface area contributed by atoms with Crippen molar-refractivity contribution in [1.29, 1.82) is 0 Å². The fourth-order valence-electron chi connectivity index (χ4n) is 3.37.